The van der Waals surface area contributed by atoms with Crippen molar-refractivity contribution in [3.63, 3.8) is 0 Å². The third kappa shape index (κ3) is 17.1. The SMILES string of the molecule is [2H]C([2H])([2H])C1(C)c2ccccc2-c2ccc(-c3nc(-c4ccccc4)nc(-c4cccc5c4Cc4c(-c6ccccc6)cccc4-5)n3)cc21.[2H]c1c(-c2nc(-c3c([2H])c([2H])c([2H])c([2H])c3[2H])nc(-c3c([2H])c([2H])c([2H])c(C)c3[2H])n2)cc(-c2c([2H])c([2H])c([2H])c3c2Cc2c(-c4c([2H])c([2H])c(-c5c([2H])c([2H])c([2H])c([2H])c5[2H])c([2H])c4[2H])c([2H])c([2H])c([2H])c2-3)c([2H])c1[2H].[2H]c1cc(-c2c([2H])c([2H])c([2H])c([2H])c2[2H])c([2H])c(-c2c([2H])c([2H])c([2H])c3c2Cc2c(-c4cc(-c5nc(-c6c([2H])c([2H])c([2H])c([2H])c6[2H])nc(-c6c([2H])c([2H])c([2H])c(C)c6[2H])n5)c([2H])c([2H])c4[2H])c([2H])c([2H])c([2H])c2-3)c1[2H]. The monoisotopic (exact) mass is 1920 g/mol. The van der Waals surface area contributed by atoms with Crippen molar-refractivity contribution in [2.45, 2.75) is 52.3 Å². The minimum absolute atomic E-state index is 0.0893. The minimum Gasteiger partial charge on any atom is -0.208 e. The number of benzene rings is 20. The van der Waals surface area contributed by atoms with Crippen molar-refractivity contribution in [3.8, 4) is 225 Å². The summed E-state index contributed by atoms with van der Waals surface area (Å²) in [6.45, 7) is 2.21. The van der Waals surface area contributed by atoms with Gasteiger partial charge in [0.1, 0.15) is 0 Å². The van der Waals surface area contributed by atoms with Crippen LogP contribution in [0.5, 0.6) is 0 Å². The molecule has 1 unspecified atom stereocenters. The number of hydrogen-bond acceptors (Lipinski definition) is 9. The zero-order valence-electron chi connectivity index (χ0n) is 133. The van der Waals surface area contributed by atoms with Gasteiger partial charge in [0.25, 0.3) is 0 Å². The lowest BCUT2D eigenvalue weighted by molar-refractivity contribution is 0.660. The molecule has 0 amide bonds. The first kappa shape index (κ1) is 47.3. The fourth-order valence-corrected chi connectivity index (χ4v) is 18.3. The molecule has 0 saturated carbocycles. The van der Waals surface area contributed by atoms with Crippen LogP contribution in [0, 0.1) is 13.8 Å². The quantitative estimate of drug-likeness (QED) is 0.0932. The molecule has 3 heterocycles. The molecule has 146 heavy (non-hydrogen) atoms. The lowest BCUT2D eigenvalue weighted by atomic mass is 9.82. The van der Waals surface area contributed by atoms with Crippen LogP contribution in [0.1, 0.15) is 146 Å². The Bertz CT molecular complexity index is 12300. The van der Waals surface area contributed by atoms with Gasteiger partial charge in [0.2, 0.25) is 0 Å². The van der Waals surface area contributed by atoms with Crippen LogP contribution in [-0.2, 0) is 24.7 Å². The normalized spacial score (nSPS) is 18.3. The van der Waals surface area contributed by atoms with Gasteiger partial charge in [-0.15, -0.1) is 0 Å². The van der Waals surface area contributed by atoms with Crippen LogP contribution < -0.4 is 0 Å². The Hall–Kier alpha value is -18.6. The van der Waals surface area contributed by atoms with Crippen LogP contribution in [0.2, 0.25) is 0 Å². The van der Waals surface area contributed by atoms with Crippen molar-refractivity contribution in [2.75, 3.05) is 0 Å². The number of rotatable bonds is 16. The van der Waals surface area contributed by atoms with E-state index < -0.39 is 469 Å². The lowest BCUT2D eigenvalue weighted by Crippen LogP contribution is -2.15. The Morgan fingerprint density at radius 3 is 1.02 bits per heavy atom. The van der Waals surface area contributed by atoms with E-state index in [4.69, 9.17) is 79.4 Å². The van der Waals surface area contributed by atoms with E-state index in [9.17, 15) is 12.3 Å². The van der Waals surface area contributed by atoms with Gasteiger partial charge in [-0.05, 0) is 230 Å². The molecule has 23 aromatic rings. The summed E-state index contributed by atoms with van der Waals surface area (Å²) in [4.78, 5) is 41.5. The smallest absolute Gasteiger partial charge is 0.164 e. The van der Waals surface area contributed by atoms with Crippen LogP contribution in [0.4, 0.5) is 0 Å². The van der Waals surface area contributed by atoms with Crippen molar-refractivity contribution in [1.82, 2.24) is 44.9 Å². The van der Waals surface area contributed by atoms with Crippen LogP contribution in [-0.4, -0.2) is 44.9 Å². The van der Waals surface area contributed by atoms with E-state index >= 15 is 0 Å². The number of nitrogens with zero attached hydrogens (tertiary/aromatic N) is 9. The summed E-state index contributed by atoms with van der Waals surface area (Å²) in [6.07, 6.45) is -0.326. The van der Waals surface area contributed by atoms with E-state index in [0.29, 0.717) is 17.5 Å². The van der Waals surface area contributed by atoms with Crippen LogP contribution in [0.25, 0.3) is 225 Å². The van der Waals surface area contributed by atoms with Gasteiger partial charge < -0.3 is 0 Å². The zero-order chi connectivity index (χ0) is 146. The van der Waals surface area contributed by atoms with Crippen LogP contribution >= 0.6 is 0 Å². The molecular formula is C137H97N9. The molecule has 0 saturated heterocycles. The Balaban J connectivity index is 0.000000149. The highest BCUT2D eigenvalue weighted by atomic mass is 15.1. The Morgan fingerprint density at radius 2 is 0.514 bits per heavy atom. The predicted molar refractivity (Wildman–Crippen MR) is 598 cm³/mol. The molecule has 690 valence electrons. The molecular weight excluding hydrogens is 1770 g/mol. The molecule has 0 radical (unpaired) electrons. The first-order chi connectivity index (χ1) is 95.2. The highest BCUT2D eigenvalue weighted by molar-refractivity contribution is 5.95. The molecule has 4 aliphatic rings. The highest BCUT2D eigenvalue weighted by Crippen LogP contribution is 2.53. The van der Waals surface area contributed by atoms with E-state index in [-0.39, 0.29) is 66.8 Å². The average molecular weight is 1930 g/mol. The van der Waals surface area contributed by atoms with Gasteiger partial charge in [0, 0.05) is 66.0 Å². The second-order valence-electron chi connectivity index (χ2n) is 34.0. The molecule has 4 aliphatic carbocycles. The lowest BCUT2D eigenvalue weighted by Gasteiger charge is -2.21. The molecule has 1 atom stereocenters. The maximum Gasteiger partial charge on any atom is 0.164 e. The Labute approximate surface area is 929 Å². The first-order valence-corrected chi connectivity index (χ1v) is 45.5. The fourth-order valence-electron chi connectivity index (χ4n) is 18.3. The molecule has 0 bridgehead atoms. The van der Waals surface area contributed by atoms with Gasteiger partial charge in [0.15, 0.2) is 52.4 Å². The third-order valence-electron chi connectivity index (χ3n) is 25.1. The molecule has 0 aliphatic heterocycles. The van der Waals surface area contributed by atoms with Crippen molar-refractivity contribution in [1.29, 1.82) is 0 Å². The van der Waals surface area contributed by atoms with Crippen molar-refractivity contribution >= 4 is 0 Å². The molecule has 0 spiro atoms. The Kier molecular flexibility index (Phi) is 12.4. The van der Waals surface area contributed by atoms with Gasteiger partial charge in [-0.3, -0.25) is 0 Å². The summed E-state index contributed by atoms with van der Waals surface area (Å²) in [5.74, 6) is -2.13. The molecule has 20 aromatic carbocycles. The zero-order valence-corrected chi connectivity index (χ0v) is 76.7. The number of fused-ring (bicyclic) bond motifs is 12. The molecule has 0 fully saturated rings. The third-order valence-corrected chi connectivity index (χ3v) is 25.1. The van der Waals surface area contributed by atoms with Crippen LogP contribution in [0.3, 0.4) is 0 Å². The standard InChI is InChI=1S/2C47H33N3.C43H31N3/c1-31-13-8-21-37(27-31)46-48-45(33-16-6-3-7-17-33)49-47(50-46)38-22-10-20-36(29-38)40-24-12-26-42-41-25-11-23-39(43(41)30-44(40)42)35-19-9-18-34(28-35)32-14-4-2-5-15-32;1-31-12-8-18-37(28-31)46-48-45(35-15-6-3-7-16-35)49-47(50-46)38-19-9-17-36(29-38)40-21-11-23-42-41-22-10-20-39(43(41)30-44(40)42)34-26-24-33(25-27-34)32-13-4-2-5-14-32;1-43(2)38-22-10-9-17-33(38)34-24-23-29(25-39(34)43)41-44-40(28-15-7-4-8-16-28)45-42(46-41)35-21-12-20-32-31-19-11-18-30(36(31)26-37(32)35)27-13-5-3-6-14-27/h2*2-29H,30H2,1H3;3-25H,26H2,1-2H3/i2D,3D,4D,5D,6D,7D,8D,9D,10D,11D,12D,13D,14D,15D,16D,17D,19D,20D,21D,22D,23D,24D,25D,26D,27D,28D;2D,3D,4D,5D,6D,7D,8D,9D,10D,11D,12D,13D,14D,15D,16D,17D,18D,19D,20D,21D,22D,23D,24D,25D,26D,27D,28D;1D3. The number of aromatic nitrogens is 9. The van der Waals surface area contributed by atoms with E-state index in [1.54, 1.807) is 0 Å². The molecule has 0 N–H and O–H groups in total. The van der Waals surface area contributed by atoms with Gasteiger partial charge in [-0.25, -0.2) is 44.9 Å². The van der Waals surface area contributed by atoms with E-state index in [2.05, 4.69) is 90.6 Å². The largest absolute Gasteiger partial charge is 0.208 e. The second kappa shape index (κ2) is 38.1. The average Bonchev–Trinajstić information content (AvgIpc) is 1.55. The second-order valence-corrected chi connectivity index (χ2v) is 34.0. The van der Waals surface area contributed by atoms with Gasteiger partial charge >= 0.3 is 0 Å². The first-order valence-electron chi connectivity index (χ1n) is 73.5. The van der Waals surface area contributed by atoms with E-state index in [1.807, 2.05) is 85.8 Å². The van der Waals surface area contributed by atoms with Crippen LogP contribution in [0.15, 0.2) is 478 Å². The van der Waals surface area contributed by atoms with Crippen molar-refractivity contribution in [2.24, 2.45) is 0 Å². The van der Waals surface area contributed by atoms with Gasteiger partial charge in [0.05, 0.1) is 72.7 Å². The fraction of sp³-hybridized carbons (Fsp3) is 0.0584. The summed E-state index contributed by atoms with van der Waals surface area (Å²) >= 11 is 0. The minimum atomic E-state index is -2.26. The Morgan fingerprint density at radius 1 is 0.185 bits per heavy atom. The van der Waals surface area contributed by atoms with Crippen molar-refractivity contribution in [3.05, 3.63) is 534 Å². The molecule has 9 nitrogen and oxygen atoms in total. The maximum atomic E-state index is 9.41. The molecule has 3 aromatic heterocycles. The number of hydrogen-bond donors (Lipinski definition) is 0. The predicted octanol–water partition coefficient (Wildman–Crippen LogP) is 33.9. The topological polar surface area (TPSA) is 116 Å². The summed E-state index contributed by atoms with van der Waals surface area (Å²) in [6, 6.07) is 10.1. The maximum absolute atomic E-state index is 9.41. The summed E-state index contributed by atoms with van der Waals surface area (Å²) in [7, 11) is 0. The van der Waals surface area contributed by atoms with Gasteiger partial charge in [-0.1, -0.05) is 467 Å². The molecule has 27 rings (SSSR count). The van der Waals surface area contributed by atoms with E-state index in [1.165, 1.54) is 47.2 Å². The summed E-state index contributed by atoms with van der Waals surface area (Å²) < 4.78 is 491. The van der Waals surface area contributed by atoms with Crippen molar-refractivity contribution < 1.29 is 76.8 Å². The summed E-state index contributed by atoms with van der Waals surface area (Å²) in [5.41, 5.74) is 1.46. The summed E-state index contributed by atoms with van der Waals surface area (Å²) in [5, 5.41) is 0. The molecule has 9 heteroatoms. The van der Waals surface area contributed by atoms with Gasteiger partial charge in [-0.2, -0.15) is 0 Å². The highest BCUT2D eigenvalue weighted by Gasteiger charge is 2.37. The van der Waals surface area contributed by atoms with E-state index in [0.717, 1.165) is 63.6 Å².